The Kier molecular flexibility index (Phi) is 7.87. The van der Waals surface area contributed by atoms with Crippen LogP contribution < -0.4 is 10.6 Å². The fourth-order valence-electron chi connectivity index (χ4n) is 7.61. The summed E-state index contributed by atoms with van der Waals surface area (Å²) in [7, 11) is 0. The predicted octanol–water partition coefficient (Wildman–Crippen LogP) is 12.5. The minimum atomic E-state index is -0.0697. The summed E-state index contributed by atoms with van der Waals surface area (Å²) in [4.78, 5) is 0. The van der Waals surface area contributed by atoms with Crippen molar-refractivity contribution in [1.29, 1.82) is 0 Å². The van der Waals surface area contributed by atoms with Crippen molar-refractivity contribution in [3.63, 3.8) is 0 Å². The van der Waals surface area contributed by atoms with Crippen LogP contribution in [-0.2, 0) is 10.8 Å². The van der Waals surface area contributed by atoms with Crippen LogP contribution in [0.3, 0.4) is 0 Å². The minimum absolute atomic E-state index is 0.00490. The van der Waals surface area contributed by atoms with Crippen LogP contribution in [0, 0.1) is 0 Å². The van der Waals surface area contributed by atoms with E-state index in [1.165, 1.54) is 76.5 Å². The first kappa shape index (κ1) is 29.3. The molecule has 232 valence electrons. The van der Waals surface area contributed by atoms with E-state index in [0.29, 0.717) is 0 Å². The molecule has 10 rings (SSSR count). The molecule has 2 fully saturated rings. The maximum atomic E-state index is 3.89. The van der Waals surface area contributed by atoms with E-state index in [9.17, 15) is 0 Å². The smallest absolute Gasteiger partial charge is 0.0548 e. The molecule has 2 heteroatoms. The summed E-state index contributed by atoms with van der Waals surface area (Å²) >= 11 is 0. The second-order valence-electron chi connectivity index (χ2n) is 13.2. The molecule has 0 aliphatic heterocycles. The first-order chi connectivity index (χ1) is 23.3. The van der Waals surface area contributed by atoms with E-state index in [1.54, 1.807) is 0 Å². The molecule has 0 bridgehead atoms. The number of benzene rings is 5. The fraction of sp³-hybridized carbons (Fsp3) is 0.200. The molecule has 47 heavy (non-hydrogen) atoms. The van der Waals surface area contributed by atoms with Gasteiger partial charge in [0.15, 0.2) is 0 Å². The van der Waals surface area contributed by atoms with E-state index in [2.05, 4.69) is 168 Å². The lowest BCUT2D eigenvalue weighted by Gasteiger charge is -2.37. The molecule has 0 spiro atoms. The number of nitrogens with one attached hydrogen (secondary N) is 2. The van der Waals surface area contributed by atoms with E-state index in [4.69, 9.17) is 0 Å². The molecule has 5 aliphatic rings. The monoisotopic (exact) mass is 610 g/mol. The van der Waals surface area contributed by atoms with Gasteiger partial charge < -0.3 is 10.6 Å². The number of allylic oxidation sites excluding steroid dienone is 8. The van der Waals surface area contributed by atoms with Crippen molar-refractivity contribution in [3.8, 4) is 11.1 Å². The summed E-state index contributed by atoms with van der Waals surface area (Å²) in [6.07, 6.45) is 27.5. The highest BCUT2D eigenvalue weighted by molar-refractivity contribution is 6.14. The van der Waals surface area contributed by atoms with Crippen molar-refractivity contribution in [2.45, 2.75) is 55.8 Å². The average molecular weight is 611 g/mol. The minimum Gasteiger partial charge on any atom is -0.355 e. The van der Waals surface area contributed by atoms with Crippen LogP contribution in [0.2, 0.25) is 0 Å². The van der Waals surface area contributed by atoms with E-state index in [1.807, 2.05) is 0 Å². The summed E-state index contributed by atoms with van der Waals surface area (Å²) in [6, 6.07) is 39.0. The van der Waals surface area contributed by atoms with E-state index in [-0.39, 0.29) is 10.8 Å². The lowest BCUT2D eigenvalue weighted by molar-refractivity contribution is 0.719. The van der Waals surface area contributed by atoms with Gasteiger partial charge >= 0.3 is 0 Å². The van der Waals surface area contributed by atoms with Gasteiger partial charge in [-0.15, -0.1) is 0 Å². The van der Waals surface area contributed by atoms with Crippen LogP contribution in [0.4, 0.5) is 22.7 Å². The SMILES string of the molecule is C1=CC23CC2(C=C1)c1c(c(Nc2ccccc2)c2ccccc2c1Nc1ccccc1)-c1ccccc13.C1=CCCC=CC1.C1CC1. The zero-order chi connectivity index (χ0) is 31.5. The first-order valence-electron chi connectivity index (χ1n) is 17.3. The van der Waals surface area contributed by atoms with E-state index in [0.717, 1.165) is 24.2 Å². The van der Waals surface area contributed by atoms with Gasteiger partial charge in [-0.25, -0.2) is 0 Å². The summed E-state index contributed by atoms with van der Waals surface area (Å²) in [5.41, 5.74) is 10.00. The third kappa shape index (κ3) is 5.42. The van der Waals surface area contributed by atoms with E-state index >= 15 is 0 Å². The normalized spacial score (nSPS) is 21.7. The Bertz CT molecular complexity index is 2000. The van der Waals surface area contributed by atoms with Crippen LogP contribution in [-0.4, -0.2) is 0 Å². The highest BCUT2D eigenvalue weighted by Gasteiger charge is 2.70. The van der Waals surface area contributed by atoms with Gasteiger partial charge in [-0.2, -0.15) is 0 Å². The van der Waals surface area contributed by atoms with E-state index < -0.39 is 0 Å². The number of hydrogen-bond acceptors (Lipinski definition) is 2. The highest BCUT2D eigenvalue weighted by Crippen LogP contribution is 2.75. The Hall–Kier alpha value is -5.08. The third-order valence-corrected chi connectivity index (χ3v) is 9.99. The van der Waals surface area contributed by atoms with Crippen LogP contribution in [0.15, 0.2) is 158 Å². The van der Waals surface area contributed by atoms with Crippen LogP contribution in [0.1, 0.15) is 56.1 Å². The Morgan fingerprint density at radius 1 is 0.489 bits per heavy atom. The fourth-order valence-corrected chi connectivity index (χ4v) is 7.61. The molecule has 2 atom stereocenters. The van der Waals surface area contributed by atoms with Gasteiger partial charge in [0.1, 0.15) is 0 Å². The lowest BCUT2D eigenvalue weighted by atomic mass is 9.68. The summed E-state index contributed by atoms with van der Waals surface area (Å²) in [5, 5.41) is 10.2. The van der Waals surface area contributed by atoms with Gasteiger partial charge in [-0.3, -0.25) is 0 Å². The molecule has 5 aromatic carbocycles. The maximum Gasteiger partial charge on any atom is 0.0548 e. The zero-order valence-electron chi connectivity index (χ0n) is 27.0. The van der Waals surface area contributed by atoms with Gasteiger partial charge in [0.05, 0.1) is 11.4 Å². The topological polar surface area (TPSA) is 24.1 Å². The largest absolute Gasteiger partial charge is 0.355 e. The zero-order valence-corrected chi connectivity index (χ0v) is 27.0. The first-order valence-corrected chi connectivity index (χ1v) is 17.3. The van der Waals surface area contributed by atoms with Gasteiger partial charge in [0.2, 0.25) is 0 Å². The molecule has 2 nitrogen and oxygen atoms in total. The van der Waals surface area contributed by atoms with Crippen molar-refractivity contribution in [3.05, 3.63) is 169 Å². The molecule has 2 saturated carbocycles. The molecule has 0 saturated heterocycles. The standard InChI is InChI=1S/C35H26N2.C7H10.C3H6/c1-3-13-24(14-4-1)36-32-26-17-7-8-18-27(26)33(37-25-15-5-2-6-16-25)31-30(32)28-19-9-10-20-29(28)34-21-11-12-22-35(31,34)23-34;1-2-4-6-7-5-3-1;1-2-3-1/h1-22,36-37H,23H2;1-2,5,7H,3-4,6H2;1-3H2. The molecule has 5 aromatic rings. The van der Waals surface area contributed by atoms with Crippen LogP contribution in [0.25, 0.3) is 21.9 Å². The third-order valence-electron chi connectivity index (χ3n) is 9.99. The quantitative estimate of drug-likeness (QED) is 0.156. The molecule has 2 unspecified atom stereocenters. The van der Waals surface area contributed by atoms with Crippen molar-refractivity contribution in [2.75, 3.05) is 10.6 Å². The Morgan fingerprint density at radius 3 is 1.66 bits per heavy atom. The molecule has 2 N–H and O–H groups in total. The predicted molar refractivity (Wildman–Crippen MR) is 201 cm³/mol. The van der Waals surface area contributed by atoms with Crippen molar-refractivity contribution < 1.29 is 0 Å². The number of para-hydroxylation sites is 2. The highest BCUT2D eigenvalue weighted by atomic mass is 14.9. The van der Waals surface area contributed by atoms with Gasteiger partial charge in [-0.1, -0.05) is 153 Å². The molecule has 0 radical (unpaired) electrons. The second-order valence-corrected chi connectivity index (χ2v) is 13.2. The Labute approximate surface area is 279 Å². The molecule has 5 aliphatic carbocycles. The molecule has 0 aromatic heterocycles. The molecular weight excluding hydrogens is 569 g/mol. The summed E-state index contributed by atoms with van der Waals surface area (Å²) in [6.45, 7) is 0. The molecular formula is C45H42N2. The Balaban J connectivity index is 0.000000279. The number of hydrogen-bond donors (Lipinski definition) is 2. The van der Waals surface area contributed by atoms with Gasteiger partial charge in [0, 0.05) is 38.5 Å². The second kappa shape index (κ2) is 12.6. The number of rotatable bonds is 4. The van der Waals surface area contributed by atoms with Crippen LogP contribution in [0.5, 0.6) is 0 Å². The van der Waals surface area contributed by atoms with Gasteiger partial charge in [-0.05, 0) is 66.6 Å². The maximum absolute atomic E-state index is 3.89. The summed E-state index contributed by atoms with van der Waals surface area (Å²) < 4.78 is 0. The van der Waals surface area contributed by atoms with Crippen molar-refractivity contribution in [2.24, 2.45) is 0 Å². The van der Waals surface area contributed by atoms with Crippen molar-refractivity contribution in [1.82, 2.24) is 0 Å². The Morgan fingerprint density at radius 2 is 1.02 bits per heavy atom. The van der Waals surface area contributed by atoms with Crippen LogP contribution >= 0.6 is 0 Å². The number of anilines is 4. The lowest BCUT2D eigenvalue weighted by Crippen LogP contribution is -2.27. The summed E-state index contributed by atoms with van der Waals surface area (Å²) in [5.74, 6) is 0. The molecule has 0 heterocycles. The average Bonchev–Trinajstić information content (AvgIpc) is 4.04. The molecule has 0 amide bonds. The van der Waals surface area contributed by atoms with Crippen molar-refractivity contribution >= 4 is 33.5 Å². The number of fused-ring (bicyclic) bond motifs is 4. The van der Waals surface area contributed by atoms with Gasteiger partial charge in [0.25, 0.3) is 0 Å².